The van der Waals surface area contributed by atoms with Gasteiger partial charge in [-0.3, -0.25) is 0 Å². The third kappa shape index (κ3) is 6.26. The number of carbonyl (C=O) groups is 2. The van der Waals surface area contributed by atoms with Gasteiger partial charge in [-0.25, -0.2) is 19.6 Å². The van der Waals surface area contributed by atoms with Gasteiger partial charge in [0.2, 0.25) is 5.88 Å². The van der Waals surface area contributed by atoms with E-state index in [1.54, 1.807) is 23.0 Å². The molecule has 2 heterocycles. The minimum atomic E-state index is -5.08. The van der Waals surface area contributed by atoms with Gasteiger partial charge in [0.05, 0.1) is 24.8 Å². The van der Waals surface area contributed by atoms with Crippen LogP contribution in [0.25, 0.3) is 11.8 Å². The first kappa shape index (κ1) is 20.7. The summed E-state index contributed by atoms with van der Waals surface area (Å²) in [6.07, 6.45) is 0.879. The van der Waals surface area contributed by atoms with Crippen LogP contribution in [0.4, 0.5) is 13.2 Å². The fraction of sp³-hybridized carbons (Fsp3) is 0.200. The van der Waals surface area contributed by atoms with Crippen molar-refractivity contribution in [1.82, 2.24) is 14.5 Å². The zero-order chi connectivity index (χ0) is 19.9. The smallest absolute Gasteiger partial charge is 0.479 e. The third-order valence-electron chi connectivity index (χ3n) is 2.68. The molecular formula is C15H14F3N3O5. The Bertz CT molecular complexity index is 815. The molecule has 0 spiro atoms. The normalized spacial score (nSPS) is 11.0. The predicted octanol–water partition coefficient (Wildman–Crippen LogP) is 2.32. The van der Waals surface area contributed by atoms with Crippen molar-refractivity contribution in [3.8, 4) is 11.6 Å². The molecule has 0 aliphatic carbocycles. The Morgan fingerprint density at radius 3 is 2.31 bits per heavy atom. The number of ether oxygens (including phenoxy) is 1. The SMILES string of the molecule is COc1nc(/C=C/C(=O)O)ccc1-n1cnc(C)c1.O=C(O)C(F)(F)F. The topological polar surface area (TPSA) is 115 Å². The van der Waals surface area contributed by atoms with Gasteiger partial charge in [0.25, 0.3) is 0 Å². The molecule has 26 heavy (non-hydrogen) atoms. The lowest BCUT2D eigenvalue weighted by molar-refractivity contribution is -0.192. The molecule has 0 saturated carbocycles. The molecule has 2 aromatic heterocycles. The highest BCUT2D eigenvalue weighted by molar-refractivity contribution is 5.84. The Morgan fingerprint density at radius 1 is 1.27 bits per heavy atom. The maximum absolute atomic E-state index is 10.6. The molecule has 0 aliphatic rings. The van der Waals surface area contributed by atoms with Crippen LogP contribution in [0.1, 0.15) is 11.4 Å². The zero-order valence-corrected chi connectivity index (χ0v) is 13.6. The summed E-state index contributed by atoms with van der Waals surface area (Å²) in [7, 11) is 1.51. The van der Waals surface area contributed by atoms with E-state index in [0.29, 0.717) is 11.6 Å². The van der Waals surface area contributed by atoms with Gasteiger partial charge < -0.3 is 19.5 Å². The first-order chi connectivity index (χ1) is 12.0. The van der Waals surface area contributed by atoms with Gasteiger partial charge in [0.1, 0.15) is 5.69 Å². The molecule has 0 radical (unpaired) electrons. The number of aliphatic carboxylic acids is 2. The third-order valence-corrected chi connectivity index (χ3v) is 2.68. The lowest BCUT2D eigenvalue weighted by Crippen LogP contribution is -2.21. The van der Waals surface area contributed by atoms with Crippen molar-refractivity contribution < 1.29 is 37.7 Å². The van der Waals surface area contributed by atoms with Gasteiger partial charge in [0, 0.05) is 12.3 Å². The fourth-order valence-corrected chi connectivity index (χ4v) is 1.60. The number of carboxylic acid groups (broad SMARTS) is 2. The van der Waals surface area contributed by atoms with E-state index in [1.165, 1.54) is 13.2 Å². The van der Waals surface area contributed by atoms with Crippen LogP contribution < -0.4 is 4.74 Å². The van der Waals surface area contributed by atoms with Crippen LogP contribution in [-0.4, -0.2) is 50.0 Å². The Hall–Kier alpha value is -3.37. The molecule has 0 unspecified atom stereocenters. The van der Waals surface area contributed by atoms with Crippen molar-refractivity contribution in [3.05, 3.63) is 42.1 Å². The number of halogens is 3. The van der Waals surface area contributed by atoms with E-state index in [0.717, 1.165) is 17.5 Å². The molecule has 11 heteroatoms. The maximum Gasteiger partial charge on any atom is 0.490 e. The summed E-state index contributed by atoms with van der Waals surface area (Å²) in [5.74, 6) is -3.37. The van der Waals surface area contributed by atoms with Gasteiger partial charge in [-0.15, -0.1) is 0 Å². The van der Waals surface area contributed by atoms with Crippen molar-refractivity contribution in [2.75, 3.05) is 7.11 Å². The molecule has 0 aromatic carbocycles. The second-order valence-electron chi connectivity index (χ2n) is 4.66. The first-order valence-electron chi connectivity index (χ1n) is 6.81. The molecule has 0 atom stereocenters. The van der Waals surface area contributed by atoms with Crippen molar-refractivity contribution in [2.45, 2.75) is 13.1 Å². The second kappa shape index (κ2) is 8.65. The van der Waals surface area contributed by atoms with Crippen molar-refractivity contribution in [2.24, 2.45) is 0 Å². The molecule has 0 bridgehead atoms. The van der Waals surface area contributed by atoms with E-state index in [1.807, 2.05) is 13.1 Å². The highest BCUT2D eigenvalue weighted by atomic mass is 19.4. The highest BCUT2D eigenvalue weighted by Crippen LogP contribution is 2.21. The number of carboxylic acids is 2. The number of rotatable bonds is 4. The van der Waals surface area contributed by atoms with Crippen LogP contribution in [0.5, 0.6) is 5.88 Å². The van der Waals surface area contributed by atoms with E-state index >= 15 is 0 Å². The van der Waals surface area contributed by atoms with E-state index in [-0.39, 0.29) is 0 Å². The largest absolute Gasteiger partial charge is 0.490 e. The lowest BCUT2D eigenvalue weighted by Gasteiger charge is -2.08. The number of methoxy groups -OCH3 is 1. The second-order valence-corrected chi connectivity index (χ2v) is 4.66. The fourth-order valence-electron chi connectivity index (χ4n) is 1.60. The zero-order valence-electron chi connectivity index (χ0n) is 13.6. The summed E-state index contributed by atoms with van der Waals surface area (Å²) in [5, 5.41) is 15.7. The molecule has 140 valence electrons. The summed E-state index contributed by atoms with van der Waals surface area (Å²) < 4.78 is 38.7. The average Bonchev–Trinajstić information content (AvgIpc) is 2.98. The Morgan fingerprint density at radius 2 is 1.88 bits per heavy atom. The minimum absolute atomic E-state index is 0.407. The van der Waals surface area contributed by atoms with Gasteiger partial charge in [0.15, 0.2) is 0 Å². The maximum atomic E-state index is 10.6. The molecule has 2 N–H and O–H groups in total. The number of imidazole rings is 1. The van der Waals surface area contributed by atoms with Gasteiger partial charge in [-0.1, -0.05) is 0 Å². The molecule has 2 aromatic rings. The summed E-state index contributed by atoms with van der Waals surface area (Å²) in [4.78, 5) is 27.7. The molecule has 2 rings (SSSR count). The van der Waals surface area contributed by atoms with Crippen LogP contribution in [0.3, 0.4) is 0 Å². The molecule has 0 saturated heterocycles. The summed E-state index contributed by atoms with van der Waals surface area (Å²) >= 11 is 0. The number of hydrogen-bond acceptors (Lipinski definition) is 5. The molecule has 8 nitrogen and oxygen atoms in total. The number of aryl methyl sites for hydroxylation is 1. The van der Waals surface area contributed by atoms with Crippen molar-refractivity contribution >= 4 is 18.0 Å². The molecule has 0 fully saturated rings. The molecule has 0 amide bonds. The first-order valence-corrected chi connectivity index (χ1v) is 6.81. The number of nitrogens with zero attached hydrogens (tertiary/aromatic N) is 3. The van der Waals surface area contributed by atoms with E-state index < -0.39 is 18.1 Å². The predicted molar refractivity (Wildman–Crippen MR) is 83.0 cm³/mol. The number of pyridine rings is 1. The standard InChI is InChI=1S/C13H13N3O3.C2HF3O2/c1-9-7-16(8-14-9)11-5-3-10(4-6-12(17)18)15-13(11)19-2;3-2(4,5)1(6)7/h3-8H,1-2H3,(H,17,18);(H,6,7)/b6-4+;. The van der Waals surface area contributed by atoms with E-state index in [4.69, 9.17) is 19.7 Å². The Labute approximate surface area is 145 Å². The summed E-state index contributed by atoms with van der Waals surface area (Å²) in [6.45, 7) is 1.89. The number of hydrogen-bond donors (Lipinski definition) is 2. The van der Waals surface area contributed by atoms with Crippen LogP contribution >= 0.6 is 0 Å². The Balaban J connectivity index is 0.000000412. The summed E-state index contributed by atoms with van der Waals surface area (Å²) in [5.41, 5.74) is 2.15. The lowest BCUT2D eigenvalue weighted by atomic mass is 10.3. The summed E-state index contributed by atoms with van der Waals surface area (Å²) in [6, 6.07) is 3.51. The Kier molecular flexibility index (Phi) is 6.88. The quantitative estimate of drug-likeness (QED) is 0.791. The van der Waals surface area contributed by atoms with E-state index in [9.17, 15) is 18.0 Å². The van der Waals surface area contributed by atoms with Crippen molar-refractivity contribution in [1.29, 1.82) is 0 Å². The minimum Gasteiger partial charge on any atom is -0.479 e. The number of aromatic nitrogens is 3. The van der Waals surface area contributed by atoms with Crippen LogP contribution in [0, 0.1) is 6.92 Å². The monoisotopic (exact) mass is 373 g/mol. The van der Waals surface area contributed by atoms with Crippen LogP contribution in [0.2, 0.25) is 0 Å². The van der Waals surface area contributed by atoms with Crippen molar-refractivity contribution in [3.63, 3.8) is 0 Å². The highest BCUT2D eigenvalue weighted by Gasteiger charge is 2.38. The van der Waals surface area contributed by atoms with Crippen LogP contribution in [-0.2, 0) is 9.59 Å². The number of alkyl halides is 3. The van der Waals surface area contributed by atoms with Gasteiger partial charge in [-0.2, -0.15) is 13.2 Å². The molecule has 0 aliphatic heterocycles. The molecular weight excluding hydrogens is 359 g/mol. The van der Waals surface area contributed by atoms with Gasteiger partial charge in [-0.05, 0) is 25.1 Å². The van der Waals surface area contributed by atoms with E-state index in [2.05, 4.69) is 9.97 Å². The average molecular weight is 373 g/mol. The van der Waals surface area contributed by atoms with Gasteiger partial charge >= 0.3 is 18.1 Å². The van der Waals surface area contributed by atoms with Crippen LogP contribution in [0.15, 0.2) is 30.7 Å².